The molecule has 0 aromatic heterocycles. The number of nitrogens with zero attached hydrogens (tertiary/aromatic N) is 3. The lowest BCUT2D eigenvalue weighted by Crippen LogP contribution is -2.45. The fraction of sp³-hybridized carbons (Fsp3) is 0.471. The zero-order valence-corrected chi connectivity index (χ0v) is 13.4. The Balaban J connectivity index is 1.90. The molecule has 6 heteroatoms. The van der Waals surface area contributed by atoms with E-state index in [1.54, 1.807) is 11.9 Å². The Morgan fingerprint density at radius 2 is 2.13 bits per heavy atom. The second-order valence-corrected chi connectivity index (χ2v) is 5.71. The molecule has 1 N–H and O–H groups in total. The Morgan fingerprint density at radius 3 is 2.83 bits per heavy atom. The highest BCUT2D eigenvalue weighted by molar-refractivity contribution is 5.95. The predicted octanol–water partition coefficient (Wildman–Crippen LogP) is 1.46. The van der Waals surface area contributed by atoms with Crippen LogP contribution in [0.2, 0.25) is 0 Å². The molecule has 2 rings (SSSR count). The van der Waals surface area contributed by atoms with Gasteiger partial charge in [-0.1, -0.05) is 18.2 Å². The van der Waals surface area contributed by atoms with Crippen LogP contribution in [-0.2, 0) is 9.59 Å². The molecule has 0 bridgehead atoms. The average molecular weight is 314 g/mol. The molecular weight excluding hydrogens is 292 g/mol. The number of hydrogen-bond donors (Lipinski definition) is 1. The third-order valence-corrected chi connectivity index (χ3v) is 4.03. The van der Waals surface area contributed by atoms with Crippen molar-refractivity contribution in [1.82, 2.24) is 9.80 Å². The minimum Gasteiger partial charge on any atom is -0.344 e. The summed E-state index contributed by atoms with van der Waals surface area (Å²) < 4.78 is 0. The smallest absolute Gasteiger partial charge is 0.241 e. The highest BCUT2D eigenvalue weighted by Gasteiger charge is 2.32. The second-order valence-electron chi connectivity index (χ2n) is 5.71. The van der Waals surface area contributed by atoms with Gasteiger partial charge >= 0.3 is 0 Å². The van der Waals surface area contributed by atoms with Crippen molar-refractivity contribution in [2.45, 2.75) is 25.3 Å². The molecule has 6 nitrogen and oxygen atoms in total. The molecular formula is C17H22N4O2. The van der Waals surface area contributed by atoms with Gasteiger partial charge in [0, 0.05) is 19.3 Å². The molecule has 1 atom stereocenters. The zero-order chi connectivity index (χ0) is 16.7. The van der Waals surface area contributed by atoms with Gasteiger partial charge in [0.25, 0.3) is 0 Å². The SMILES string of the molecule is CN(CCC#N)C(=O)CN1CCCC1C(=O)Nc1ccccc1. The van der Waals surface area contributed by atoms with E-state index >= 15 is 0 Å². The summed E-state index contributed by atoms with van der Waals surface area (Å²) in [7, 11) is 1.69. The van der Waals surface area contributed by atoms with E-state index in [1.807, 2.05) is 41.3 Å². The van der Waals surface area contributed by atoms with Crippen molar-refractivity contribution in [2.24, 2.45) is 0 Å². The molecule has 23 heavy (non-hydrogen) atoms. The molecule has 0 radical (unpaired) electrons. The number of likely N-dealkylation sites (N-methyl/N-ethyl adjacent to an activating group) is 1. The minimum absolute atomic E-state index is 0.0559. The minimum atomic E-state index is -0.275. The molecule has 1 heterocycles. The standard InChI is InChI=1S/C17H22N4O2/c1-20(11-6-10-18)16(22)13-21-12-5-9-15(21)17(23)19-14-7-3-2-4-8-14/h2-4,7-8,15H,5-6,9,11-13H2,1H3,(H,19,23). The van der Waals surface area contributed by atoms with Crippen LogP contribution in [0.25, 0.3) is 0 Å². The number of carbonyl (C=O) groups is 2. The lowest BCUT2D eigenvalue weighted by atomic mass is 10.2. The molecule has 2 amide bonds. The number of rotatable bonds is 6. The first-order valence-electron chi connectivity index (χ1n) is 7.82. The Bertz CT molecular complexity index is 582. The Hall–Kier alpha value is -2.39. The van der Waals surface area contributed by atoms with Crippen LogP contribution >= 0.6 is 0 Å². The number of para-hydroxylation sites is 1. The second kappa shape index (κ2) is 8.30. The maximum Gasteiger partial charge on any atom is 0.241 e. The third kappa shape index (κ3) is 4.80. The van der Waals surface area contributed by atoms with E-state index < -0.39 is 0 Å². The van der Waals surface area contributed by atoms with Crippen molar-refractivity contribution in [3.8, 4) is 6.07 Å². The van der Waals surface area contributed by atoms with E-state index in [2.05, 4.69) is 5.32 Å². The normalized spacial score (nSPS) is 17.5. The van der Waals surface area contributed by atoms with E-state index in [0.29, 0.717) is 13.0 Å². The largest absolute Gasteiger partial charge is 0.344 e. The number of hydrogen-bond acceptors (Lipinski definition) is 4. The van der Waals surface area contributed by atoms with E-state index in [1.165, 1.54) is 0 Å². The zero-order valence-electron chi connectivity index (χ0n) is 13.4. The third-order valence-electron chi connectivity index (χ3n) is 4.03. The first-order valence-corrected chi connectivity index (χ1v) is 7.82. The van der Waals surface area contributed by atoms with Crippen LogP contribution in [0.1, 0.15) is 19.3 Å². The molecule has 1 saturated heterocycles. The van der Waals surface area contributed by atoms with Gasteiger partial charge in [0.2, 0.25) is 11.8 Å². The van der Waals surface area contributed by atoms with E-state index in [0.717, 1.165) is 25.1 Å². The van der Waals surface area contributed by atoms with Crippen molar-refractivity contribution >= 4 is 17.5 Å². The Morgan fingerprint density at radius 1 is 1.39 bits per heavy atom. The van der Waals surface area contributed by atoms with Gasteiger partial charge in [-0.3, -0.25) is 14.5 Å². The highest BCUT2D eigenvalue weighted by atomic mass is 16.2. The maximum atomic E-state index is 12.4. The molecule has 1 aliphatic heterocycles. The van der Waals surface area contributed by atoms with Crippen molar-refractivity contribution < 1.29 is 9.59 Å². The number of benzene rings is 1. The Kier molecular flexibility index (Phi) is 6.12. The Labute approximate surface area is 136 Å². The predicted molar refractivity (Wildman–Crippen MR) is 87.5 cm³/mol. The van der Waals surface area contributed by atoms with Gasteiger partial charge in [-0.2, -0.15) is 5.26 Å². The van der Waals surface area contributed by atoms with Crippen LogP contribution in [-0.4, -0.2) is 54.3 Å². The van der Waals surface area contributed by atoms with Crippen molar-refractivity contribution in [3.05, 3.63) is 30.3 Å². The molecule has 1 unspecified atom stereocenters. The summed E-state index contributed by atoms with van der Waals surface area (Å²) in [4.78, 5) is 28.1. The van der Waals surface area contributed by atoms with Gasteiger partial charge in [0.15, 0.2) is 0 Å². The quantitative estimate of drug-likeness (QED) is 0.862. The molecule has 0 saturated carbocycles. The monoisotopic (exact) mass is 314 g/mol. The van der Waals surface area contributed by atoms with Crippen LogP contribution in [0, 0.1) is 11.3 Å². The fourth-order valence-electron chi connectivity index (χ4n) is 2.70. The lowest BCUT2D eigenvalue weighted by Gasteiger charge is -2.25. The van der Waals surface area contributed by atoms with Crippen LogP contribution in [0.15, 0.2) is 30.3 Å². The molecule has 1 aromatic carbocycles. The molecule has 1 fully saturated rings. The topological polar surface area (TPSA) is 76.4 Å². The van der Waals surface area contributed by atoms with Gasteiger partial charge < -0.3 is 10.2 Å². The van der Waals surface area contributed by atoms with Gasteiger partial charge in [-0.15, -0.1) is 0 Å². The van der Waals surface area contributed by atoms with Crippen LogP contribution in [0.5, 0.6) is 0 Å². The summed E-state index contributed by atoms with van der Waals surface area (Å²) in [6.45, 7) is 1.38. The van der Waals surface area contributed by atoms with Crippen molar-refractivity contribution in [2.75, 3.05) is 32.0 Å². The average Bonchev–Trinajstić information content (AvgIpc) is 3.01. The van der Waals surface area contributed by atoms with E-state index in [-0.39, 0.29) is 24.4 Å². The van der Waals surface area contributed by atoms with Crippen LogP contribution in [0.4, 0.5) is 5.69 Å². The number of carbonyl (C=O) groups excluding carboxylic acids is 2. The molecule has 0 aliphatic carbocycles. The molecule has 1 aliphatic rings. The molecule has 0 spiro atoms. The summed E-state index contributed by atoms with van der Waals surface area (Å²) >= 11 is 0. The number of amides is 2. The highest BCUT2D eigenvalue weighted by Crippen LogP contribution is 2.19. The summed E-state index contributed by atoms with van der Waals surface area (Å²) in [5.74, 6) is -0.124. The van der Waals surface area contributed by atoms with Crippen LogP contribution < -0.4 is 5.32 Å². The van der Waals surface area contributed by atoms with Crippen molar-refractivity contribution in [1.29, 1.82) is 5.26 Å². The summed E-state index contributed by atoms with van der Waals surface area (Å²) in [5, 5.41) is 11.5. The number of likely N-dealkylation sites (tertiary alicyclic amines) is 1. The number of anilines is 1. The van der Waals surface area contributed by atoms with Gasteiger partial charge in [-0.05, 0) is 31.5 Å². The van der Waals surface area contributed by atoms with Gasteiger partial charge in [0.05, 0.1) is 25.1 Å². The summed E-state index contributed by atoms with van der Waals surface area (Å²) in [6.07, 6.45) is 1.98. The number of nitriles is 1. The lowest BCUT2D eigenvalue weighted by molar-refractivity contribution is -0.132. The fourth-order valence-corrected chi connectivity index (χ4v) is 2.70. The summed E-state index contributed by atoms with van der Waals surface area (Å²) in [5.41, 5.74) is 0.766. The van der Waals surface area contributed by atoms with Crippen molar-refractivity contribution in [3.63, 3.8) is 0 Å². The van der Waals surface area contributed by atoms with Gasteiger partial charge in [0.1, 0.15) is 0 Å². The first kappa shape index (κ1) is 17.0. The number of nitrogens with one attached hydrogen (secondary N) is 1. The molecule has 1 aromatic rings. The van der Waals surface area contributed by atoms with Crippen LogP contribution in [0.3, 0.4) is 0 Å². The van der Waals surface area contributed by atoms with Gasteiger partial charge in [-0.25, -0.2) is 0 Å². The summed E-state index contributed by atoms with van der Waals surface area (Å²) in [6, 6.07) is 11.1. The van der Waals surface area contributed by atoms with E-state index in [9.17, 15) is 9.59 Å². The first-order chi connectivity index (χ1) is 11.1. The molecule has 122 valence electrons. The maximum absolute atomic E-state index is 12.4. The van der Waals surface area contributed by atoms with E-state index in [4.69, 9.17) is 5.26 Å².